The van der Waals surface area contributed by atoms with E-state index in [1.165, 1.54) is 6.33 Å². The molecule has 0 aliphatic carbocycles. The quantitative estimate of drug-likeness (QED) is 0.716. The first kappa shape index (κ1) is 21.5. The minimum atomic E-state index is -0.454. The Morgan fingerprint density at radius 1 is 1.36 bits per heavy atom. The lowest BCUT2D eigenvalue weighted by atomic mass is 9.91. The Morgan fingerprint density at radius 3 is 2.44 bits per heavy atom. The van der Waals surface area contributed by atoms with E-state index in [0.29, 0.717) is 17.4 Å². The third-order valence-corrected chi connectivity index (χ3v) is 4.29. The number of hydrogen-bond acceptors (Lipinski definition) is 7. The highest BCUT2D eigenvalue weighted by Gasteiger charge is 2.41. The first-order valence-electron chi connectivity index (χ1n) is 8.76. The molecule has 0 radical (unpaired) electrons. The molecule has 0 amide bonds. The van der Waals surface area contributed by atoms with Crippen molar-refractivity contribution in [1.82, 2.24) is 9.97 Å². The molecule has 25 heavy (non-hydrogen) atoms. The third-order valence-electron chi connectivity index (χ3n) is 4.29. The fourth-order valence-corrected chi connectivity index (χ4v) is 2.91. The molecular weight excluding hydrogens is 320 g/mol. The molecule has 1 fully saturated rings. The predicted molar refractivity (Wildman–Crippen MR) is 100.0 cm³/mol. The van der Waals surface area contributed by atoms with Crippen molar-refractivity contribution in [3.63, 3.8) is 0 Å². The van der Waals surface area contributed by atoms with Crippen LogP contribution in [0, 0.1) is 18.8 Å². The van der Waals surface area contributed by atoms with Crippen molar-refractivity contribution >= 4 is 17.7 Å². The molecule has 7 heteroatoms. The van der Waals surface area contributed by atoms with E-state index in [1.54, 1.807) is 6.21 Å². The highest BCUT2D eigenvalue weighted by Crippen LogP contribution is 2.30. The van der Waals surface area contributed by atoms with E-state index in [4.69, 9.17) is 10.5 Å². The molecule has 0 spiro atoms. The third kappa shape index (κ3) is 6.02. The average Bonchev–Trinajstić information content (AvgIpc) is 2.79. The summed E-state index contributed by atoms with van der Waals surface area (Å²) in [6, 6.07) is 0. The summed E-state index contributed by atoms with van der Waals surface area (Å²) in [5.74, 6) is 0.906. The van der Waals surface area contributed by atoms with Crippen molar-refractivity contribution in [3.05, 3.63) is 12.0 Å². The molecule has 142 valence electrons. The van der Waals surface area contributed by atoms with Gasteiger partial charge in [0, 0.05) is 12.1 Å². The van der Waals surface area contributed by atoms with Crippen molar-refractivity contribution in [1.29, 1.82) is 0 Å². The van der Waals surface area contributed by atoms with Gasteiger partial charge in [0.2, 0.25) is 0 Å². The molecule has 1 aliphatic heterocycles. The van der Waals surface area contributed by atoms with Gasteiger partial charge in [0.15, 0.2) is 5.82 Å². The van der Waals surface area contributed by atoms with Crippen LogP contribution in [0.2, 0.25) is 0 Å². The summed E-state index contributed by atoms with van der Waals surface area (Å²) >= 11 is 0. The summed E-state index contributed by atoms with van der Waals surface area (Å²) in [5.41, 5.74) is 7.01. The SMILES string of the molecule is CC(C)C[C@@H](O)[C@H]1O[C@@H](C)[C@H](O)[C@@H]1C.CC=Nc1c(C)ncnc1N. The monoisotopic (exact) mass is 352 g/mol. The summed E-state index contributed by atoms with van der Waals surface area (Å²) in [6.45, 7) is 11.6. The Bertz CT molecular complexity index is 545. The minimum Gasteiger partial charge on any atom is -0.390 e. The number of nitrogens with zero attached hydrogens (tertiary/aromatic N) is 3. The van der Waals surface area contributed by atoms with Crippen LogP contribution in [0.15, 0.2) is 11.3 Å². The smallest absolute Gasteiger partial charge is 0.153 e. The first-order chi connectivity index (χ1) is 11.7. The molecule has 5 atom stereocenters. The fourth-order valence-electron chi connectivity index (χ4n) is 2.91. The molecule has 7 nitrogen and oxygen atoms in total. The van der Waals surface area contributed by atoms with Crippen molar-refractivity contribution in [2.75, 3.05) is 5.73 Å². The largest absolute Gasteiger partial charge is 0.390 e. The van der Waals surface area contributed by atoms with Crippen LogP contribution in [-0.2, 0) is 4.74 Å². The normalized spacial score (nSPS) is 27.4. The Morgan fingerprint density at radius 2 is 2.00 bits per heavy atom. The van der Waals surface area contributed by atoms with Crippen molar-refractivity contribution in [2.45, 2.75) is 72.4 Å². The van der Waals surface area contributed by atoms with Gasteiger partial charge in [-0.3, -0.25) is 4.99 Å². The van der Waals surface area contributed by atoms with Gasteiger partial charge in [0.25, 0.3) is 0 Å². The number of aryl methyl sites for hydroxylation is 1. The lowest BCUT2D eigenvalue weighted by Crippen LogP contribution is -2.33. The van der Waals surface area contributed by atoms with Crippen LogP contribution in [0.1, 0.15) is 46.7 Å². The predicted octanol–water partition coefficient (Wildman–Crippen LogP) is 2.27. The van der Waals surface area contributed by atoms with Gasteiger partial charge < -0.3 is 20.7 Å². The molecule has 4 N–H and O–H groups in total. The molecular formula is C18H32N4O3. The van der Waals surface area contributed by atoms with Crippen molar-refractivity contribution < 1.29 is 14.9 Å². The van der Waals surface area contributed by atoms with Crippen LogP contribution in [0.4, 0.5) is 11.5 Å². The van der Waals surface area contributed by atoms with Gasteiger partial charge in [-0.25, -0.2) is 9.97 Å². The van der Waals surface area contributed by atoms with E-state index in [1.807, 2.05) is 27.7 Å². The summed E-state index contributed by atoms with van der Waals surface area (Å²) in [4.78, 5) is 11.8. The van der Waals surface area contributed by atoms with Crippen molar-refractivity contribution in [2.24, 2.45) is 16.8 Å². The van der Waals surface area contributed by atoms with Gasteiger partial charge >= 0.3 is 0 Å². The number of hydrogen-bond donors (Lipinski definition) is 3. The maximum absolute atomic E-state index is 9.89. The molecule has 0 unspecified atom stereocenters. The average molecular weight is 352 g/mol. The molecule has 1 aromatic rings. The van der Waals surface area contributed by atoms with Gasteiger partial charge in [-0.15, -0.1) is 0 Å². The Balaban J connectivity index is 0.000000257. The number of nitrogen functional groups attached to an aromatic ring is 1. The number of anilines is 1. The van der Waals surface area contributed by atoms with Gasteiger partial charge in [-0.05, 0) is 33.1 Å². The molecule has 0 aromatic carbocycles. The molecule has 1 aromatic heterocycles. The number of ether oxygens (including phenoxy) is 1. The number of aliphatic hydroxyl groups excluding tert-OH is 2. The highest BCUT2D eigenvalue weighted by atomic mass is 16.5. The summed E-state index contributed by atoms with van der Waals surface area (Å²) in [7, 11) is 0. The molecule has 0 bridgehead atoms. The second kappa shape index (κ2) is 9.79. The summed E-state index contributed by atoms with van der Waals surface area (Å²) in [5, 5.41) is 19.6. The Kier molecular flexibility index (Phi) is 8.41. The molecule has 2 rings (SSSR count). The maximum atomic E-state index is 9.89. The van der Waals surface area contributed by atoms with E-state index in [-0.39, 0.29) is 18.1 Å². The molecule has 1 aliphatic rings. The second-order valence-corrected chi connectivity index (χ2v) is 6.93. The molecule has 0 saturated carbocycles. The van der Waals surface area contributed by atoms with E-state index in [9.17, 15) is 10.2 Å². The highest BCUT2D eigenvalue weighted by molar-refractivity contribution is 5.68. The van der Waals surface area contributed by atoms with E-state index in [0.717, 1.165) is 12.1 Å². The Labute approximate surface area is 150 Å². The first-order valence-corrected chi connectivity index (χ1v) is 8.76. The number of nitrogens with two attached hydrogens (primary N) is 1. The van der Waals surface area contributed by atoms with Crippen LogP contribution in [0.5, 0.6) is 0 Å². The van der Waals surface area contributed by atoms with Crippen molar-refractivity contribution in [3.8, 4) is 0 Å². The van der Waals surface area contributed by atoms with E-state index in [2.05, 4.69) is 28.8 Å². The fraction of sp³-hybridized carbons (Fsp3) is 0.722. The molecule has 2 heterocycles. The number of aliphatic imine (C=N–C) groups is 1. The van der Waals surface area contributed by atoms with Crippen LogP contribution >= 0.6 is 0 Å². The van der Waals surface area contributed by atoms with Crippen LogP contribution in [-0.4, -0.2) is 50.8 Å². The second-order valence-electron chi connectivity index (χ2n) is 6.93. The zero-order chi connectivity index (χ0) is 19.1. The van der Waals surface area contributed by atoms with Crippen LogP contribution in [0.25, 0.3) is 0 Å². The lowest BCUT2D eigenvalue weighted by Gasteiger charge is -2.23. The Hall–Kier alpha value is -1.57. The van der Waals surface area contributed by atoms with Crippen LogP contribution in [0.3, 0.4) is 0 Å². The minimum absolute atomic E-state index is 0.0266. The zero-order valence-corrected chi connectivity index (χ0v) is 16.0. The van der Waals surface area contributed by atoms with Gasteiger partial charge in [0.1, 0.15) is 12.0 Å². The summed E-state index contributed by atoms with van der Waals surface area (Å²) < 4.78 is 5.55. The number of rotatable bonds is 4. The topological polar surface area (TPSA) is 114 Å². The molecule has 1 saturated heterocycles. The van der Waals surface area contributed by atoms with Gasteiger partial charge in [0.05, 0.1) is 30.1 Å². The number of aromatic nitrogens is 2. The van der Waals surface area contributed by atoms with Gasteiger partial charge in [-0.1, -0.05) is 20.8 Å². The van der Waals surface area contributed by atoms with E-state index < -0.39 is 12.2 Å². The zero-order valence-electron chi connectivity index (χ0n) is 16.0. The van der Waals surface area contributed by atoms with Gasteiger partial charge in [-0.2, -0.15) is 0 Å². The standard InChI is InChI=1S/C11H22O3.C7H10N4/c1-6(2)5-9(12)11-7(3)10(13)8(4)14-11;1-3-9-6-5(2)10-4-11-7(6)8/h6-13H,5H2,1-4H3;3-4H,1-2H3,(H2,8,10,11)/t7-,8-,9+,10+,11-;/m0./s1. The lowest BCUT2D eigenvalue weighted by molar-refractivity contribution is -0.0496. The maximum Gasteiger partial charge on any atom is 0.153 e. The van der Waals surface area contributed by atoms with Crippen LogP contribution < -0.4 is 5.73 Å². The van der Waals surface area contributed by atoms with E-state index >= 15 is 0 Å². The summed E-state index contributed by atoms with van der Waals surface area (Å²) in [6.07, 6.45) is 2.57. The number of aliphatic hydroxyl groups is 2.